The van der Waals surface area contributed by atoms with Crippen molar-refractivity contribution in [2.24, 2.45) is 0 Å². The number of hydrogen-bond acceptors (Lipinski definition) is 18. The van der Waals surface area contributed by atoms with Crippen LogP contribution in [0, 0.1) is 0 Å². The van der Waals surface area contributed by atoms with Crippen LogP contribution in [0.2, 0.25) is 0 Å². The van der Waals surface area contributed by atoms with Crippen LogP contribution in [0.3, 0.4) is 0 Å². The Bertz CT molecular complexity index is 5330. The van der Waals surface area contributed by atoms with Crippen molar-refractivity contribution in [3.05, 3.63) is 398 Å². The van der Waals surface area contributed by atoms with Gasteiger partial charge in [-0.15, -0.1) is 11.3 Å². The molecule has 0 spiro atoms. The topological polar surface area (TPSA) is 139 Å². The van der Waals surface area contributed by atoms with Crippen molar-refractivity contribution in [2.45, 2.75) is 131 Å². The standard InChI is InChI=1S/C25H31N3O.C24H28N2O2.2C23H26N2O.C21H24N2OS/c1-4-5-8-21-10-16-24(17-11-21)29-20-19-28(25-9-6-7-18-26-25)23-14-12-22(13-15-23)27(2)3;1-3-4-9-20-14-16-22(17-15-20)28-19-18-26(21-10-6-5-7-11-21)23-12-8-13-24(25-23)27-2;1-2-3-9-20-13-15-22(16-14-20)26-19-18-25(21-10-5-4-6-11-21)23-12-7-8-17-24-23;1-2-3-8-20-12-14-23(15-13-20)26-18-17-25(21-9-5-4-6-10-21)22-11-7-16-24-19-22;1-2-3-7-18-10-12-20(13-11-18)24-16-15-23(21-22-14-17-25-21)19-8-5-4-6-9-19/h6-7,9-18H,4-5,8,19-20H2,1-3H3;5-8,10-17H,3-4,9,18-19H2,1-2H3;4-8,10-17H,2-3,9,18-19H2,1H3;4-7,9-16,19H,2-3,8,17-18H2,1H3;4-6,8-14,17H,2-3,7,15-16H2,1H3. The van der Waals surface area contributed by atoms with E-state index in [2.05, 4.69) is 301 Å². The number of para-hydroxylation sites is 4. The second-order valence-corrected chi connectivity index (χ2v) is 33.3. The monoisotopic (exact) mass is 1810 g/mol. The van der Waals surface area contributed by atoms with Crippen LogP contribution in [0.1, 0.15) is 127 Å². The van der Waals surface area contributed by atoms with Crippen molar-refractivity contribution >= 4 is 73.7 Å². The Morgan fingerprint density at radius 1 is 0.261 bits per heavy atom. The zero-order valence-electron chi connectivity index (χ0n) is 79.7. The number of thiazole rings is 1. The fraction of sp³-hybridized carbons (Fsp3) is 0.284. The molecule has 0 unspecified atom stereocenters. The summed E-state index contributed by atoms with van der Waals surface area (Å²) in [5.74, 6) is 7.85. The van der Waals surface area contributed by atoms with E-state index in [-0.39, 0.29) is 0 Å². The highest BCUT2D eigenvalue weighted by atomic mass is 32.1. The lowest BCUT2D eigenvalue weighted by Crippen LogP contribution is -2.24. The highest BCUT2D eigenvalue weighted by Gasteiger charge is 2.18. The molecule has 0 saturated carbocycles. The summed E-state index contributed by atoms with van der Waals surface area (Å²) in [6.07, 6.45) is 27.1. The van der Waals surface area contributed by atoms with E-state index in [1.54, 1.807) is 24.6 Å². The quantitative estimate of drug-likeness (QED) is 0.0357. The number of pyridine rings is 4. The van der Waals surface area contributed by atoms with Crippen LogP contribution < -0.4 is 57.8 Å². The molecule has 0 N–H and O–H groups in total. The van der Waals surface area contributed by atoms with Crippen LogP contribution in [0.5, 0.6) is 34.6 Å². The van der Waals surface area contributed by atoms with Crippen molar-refractivity contribution in [1.29, 1.82) is 0 Å². The molecule has 0 amide bonds. The first-order chi connectivity index (χ1) is 66.1. The second kappa shape index (κ2) is 58.7. The van der Waals surface area contributed by atoms with Gasteiger partial charge >= 0.3 is 0 Å². The third-order valence-corrected chi connectivity index (χ3v) is 23.0. The molecule has 696 valence electrons. The Kier molecular flexibility index (Phi) is 44.1. The van der Waals surface area contributed by atoms with Crippen LogP contribution in [-0.2, 0) is 32.1 Å². The van der Waals surface area contributed by atoms with Gasteiger partial charge in [0.15, 0.2) is 5.13 Å². The maximum absolute atomic E-state index is 6.02. The summed E-state index contributed by atoms with van der Waals surface area (Å²) < 4.78 is 35.2. The molecule has 134 heavy (non-hydrogen) atoms. The maximum atomic E-state index is 6.02. The van der Waals surface area contributed by atoms with Gasteiger partial charge in [-0.2, -0.15) is 4.98 Å². The van der Waals surface area contributed by atoms with Crippen LogP contribution in [-0.4, -0.2) is 112 Å². The average Bonchev–Trinajstić information content (AvgIpc) is 0.977. The number of rotatable bonds is 47. The van der Waals surface area contributed by atoms with Gasteiger partial charge in [0.2, 0.25) is 5.88 Å². The summed E-state index contributed by atoms with van der Waals surface area (Å²) in [7, 11) is 5.73. The zero-order valence-corrected chi connectivity index (χ0v) is 80.5. The maximum Gasteiger partial charge on any atom is 0.214 e. The first-order valence-corrected chi connectivity index (χ1v) is 48.5. The highest BCUT2D eigenvalue weighted by Crippen LogP contribution is 2.32. The molecule has 10 aromatic carbocycles. The number of ether oxygens (including phenoxy) is 6. The lowest BCUT2D eigenvalue weighted by atomic mass is 10.1. The molecule has 15 aromatic rings. The summed E-state index contributed by atoms with van der Waals surface area (Å²) in [4.78, 5) is 35.3. The first kappa shape index (κ1) is 101. The van der Waals surface area contributed by atoms with E-state index in [9.17, 15) is 0 Å². The minimum absolute atomic E-state index is 0.558. The van der Waals surface area contributed by atoms with Gasteiger partial charge in [0, 0.05) is 84.5 Å². The number of aryl methyl sites for hydroxylation is 5. The predicted molar refractivity (Wildman–Crippen MR) is 560 cm³/mol. The molecule has 0 fully saturated rings. The SMILES string of the molecule is CCCCc1ccc(OCCN(c2ccc(N(C)C)cc2)c2ccccn2)cc1.CCCCc1ccc(OCCN(c2ccccc2)c2cccc(OC)n2)cc1.CCCCc1ccc(OCCN(c2ccccc2)c2ccccn2)cc1.CCCCc1ccc(OCCN(c2ccccc2)c2cccnc2)cc1.CCCCc1ccc(OCCN(c2ccccc2)c2nccs2)cc1. The molecule has 0 aliphatic carbocycles. The Morgan fingerprint density at radius 3 is 0.881 bits per heavy atom. The largest absolute Gasteiger partial charge is 0.492 e. The van der Waals surface area contributed by atoms with Crippen molar-refractivity contribution in [1.82, 2.24) is 24.9 Å². The van der Waals surface area contributed by atoms with Gasteiger partial charge in [-0.25, -0.2) is 15.0 Å². The van der Waals surface area contributed by atoms with E-state index in [1.807, 2.05) is 166 Å². The molecule has 17 nitrogen and oxygen atoms in total. The van der Waals surface area contributed by atoms with Crippen molar-refractivity contribution in [3.8, 4) is 34.6 Å². The number of nitrogens with zero attached hydrogens (tertiary/aromatic N) is 11. The molecular weight excluding hydrogens is 1680 g/mol. The van der Waals surface area contributed by atoms with Gasteiger partial charge < -0.3 is 57.8 Å². The van der Waals surface area contributed by atoms with Gasteiger partial charge in [-0.1, -0.05) is 218 Å². The minimum atomic E-state index is 0.558. The number of unbranched alkanes of at least 4 members (excludes halogenated alkanes) is 5. The van der Waals surface area contributed by atoms with Crippen molar-refractivity contribution in [2.75, 3.05) is 116 Å². The molecule has 0 bridgehead atoms. The molecule has 5 aromatic heterocycles. The van der Waals surface area contributed by atoms with Crippen molar-refractivity contribution in [3.63, 3.8) is 0 Å². The van der Waals surface area contributed by atoms with Gasteiger partial charge in [0.1, 0.15) is 79.2 Å². The summed E-state index contributed by atoms with van der Waals surface area (Å²) in [6.45, 7) is 17.7. The van der Waals surface area contributed by atoms with Gasteiger partial charge in [-0.05, 0) is 268 Å². The van der Waals surface area contributed by atoms with Crippen LogP contribution >= 0.6 is 11.3 Å². The number of hydrogen-bond donors (Lipinski definition) is 0. The second-order valence-electron chi connectivity index (χ2n) is 32.4. The van der Waals surface area contributed by atoms with Crippen LogP contribution in [0.25, 0.3) is 0 Å². The number of methoxy groups -OCH3 is 1. The zero-order chi connectivity index (χ0) is 93.5. The van der Waals surface area contributed by atoms with Crippen LogP contribution in [0.15, 0.2) is 370 Å². The molecule has 0 saturated heterocycles. The van der Waals surface area contributed by atoms with Crippen molar-refractivity contribution < 1.29 is 28.4 Å². The Hall–Kier alpha value is -14.0. The third kappa shape index (κ3) is 35.0. The number of aromatic nitrogens is 5. The molecule has 0 atom stereocenters. The van der Waals surface area contributed by atoms with E-state index in [4.69, 9.17) is 28.4 Å². The summed E-state index contributed by atoms with van der Waals surface area (Å²) in [5, 5.41) is 2.99. The lowest BCUT2D eigenvalue weighted by molar-refractivity contribution is 0.327. The molecule has 18 heteroatoms. The number of benzene rings is 10. The smallest absolute Gasteiger partial charge is 0.214 e. The predicted octanol–water partition coefficient (Wildman–Crippen LogP) is 28.3. The van der Waals surface area contributed by atoms with E-state index < -0.39 is 0 Å². The van der Waals surface area contributed by atoms with Crippen LogP contribution in [0.4, 0.5) is 62.4 Å². The molecule has 0 radical (unpaired) electrons. The molecular formula is C116H135N11O6S. The minimum Gasteiger partial charge on any atom is -0.492 e. The summed E-state index contributed by atoms with van der Waals surface area (Å²) in [5.41, 5.74) is 14.7. The number of anilines is 11. The Labute approximate surface area is 801 Å². The van der Waals surface area contributed by atoms with E-state index in [0.717, 1.165) is 144 Å². The van der Waals surface area contributed by atoms with E-state index >= 15 is 0 Å². The Morgan fingerprint density at radius 2 is 0.567 bits per heavy atom. The molecule has 15 rings (SSSR count). The normalized spacial score (nSPS) is 10.5. The first-order valence-electron chi connectivity index (χ1n) is 47.6. The summed E-state index contributed by atoms with van der Waals surface area (Å²) in [6, 6.07) is 114. The lowest BCUT2D eigenvalue weighted by Gasteiger charge is -2.24. The fourth-order valence-electron chi connectivity index (χ4n) is 14.7. The Balaban J connectivity index is 0.000000161. The van der Waals surface area contributed by atoms with Gasteiger partial charge in [-0.3, -0.25) is 4.98 Å². The molecule has 0 aliphatic heterocycles. The third-order valence-electron chi connectivity index (χ3n) is 22.2. The molecule has 0 aliphatic rings. The van der Waals surface area contributed by atoms with Gasteiger partial charge in [0.05, 0.1) is 51.7 Å². The van der Waals surface area contributed by atoms with E-state index in [0.29, 0.717) is 45.5 Å². The van der Waals surface area contributed by atoms with E-state index in [1.165, 1.54) is 97.7 Å². The van der Waals surface area contributed by atoms with Gasteiger partial charge in [0.25, 0.3) is 0 Å². The average molecular weight is 1810 g/mol. The molecule has 5 heterocycles. The fourth-order valence-corrected chi connectivity index (χ4v) is 15.4. The highest BCUT2D eigenvalue weighted by molar-refractivity contribution is 7.13. The summed E-state index contributed by atoms with van der Waals surface area (Å²) >= 11 is 1.64.